The molecule has 0 bridgehead atoms. The van der Waals surface area contributed by atoms with Gasteiger partial charge < -0.3 is 14.6 Å². The first-order chi connectivity index (χ1) is 13.6. The highest BCUT2D eigenvalue weighted by Crippen LogP contribution is 2.34. The number of ketones is 1. The van der Waals surface area contributed by atoms with Crippen molar-refractivity contribution in [2.45, 2.75) is 26.7 Å². The van der Waals surface area contributed by atoms with E-state index in [0.29, 0.717) is 6.42 Å². The third-order valence-electron chi connectivity index (χ3n) is 5.55. The number of likely N-dealkylation sites (N-methyl/N-ethyl adjacent to an activating group) is 1. The van der Waals surface area contributed by atoms with Crippen LogP contribution in [0.25, 0.3) is 21.3 Å². The summed E-state index contributed by atoms with van der Waals surface area (Å²) in [5, 5.41) is 3.43. The van der Waals surface area contributed by atoms with Gasteiger partial charge in [-0.3, -0.25) is 0 Å². The summed E-state index contributed by atoms with van der Waals surface area (Å²) in [4.78, 5) is 21.2. The Balaban J connectivity index is 1.62. The van der Waals surface area contributed by atoms with Crippen molar-refractivity contribution in [3.63, 3.8) is 0 Å². The minimum absolute atomic E-state index is 0.237. The predicted molar refractivity (Wildman–Crippen MR) is 118 cm³/mol. The molecule has 0 saturated carbocycles. The van der Waals surface area contributed by atoms with E-state index < -0.39 is 0 Å². The number of rotatable bonds is 6. The van der Waals surface area contributed by atoms with Crippen LogP contribution in [0.15, 0.2) is 41.8 Å². The summed E-state index contributed by atoms with van der Waals surface area (Å²) in [6.07, 6.45) is 1.41. The number of thiophene rings is 1. The molecule has 1 aliphatic rings. The fourth-order valence-corrected chi connectivity index (χ4v) is 4.65. The Bertz CT molecular complexity index is 956. The number of carbonyl (C=O) groups excluding carboxylic acids is 1. The van der Waals surface area contributed by atoms with Gasteiger partial charge in [0.15, 0.2) is 0 Å². The molecule has 0 radical (unpaired) electrons. The molecule has 0 aliphatic carbocycles. The monoisotopic (exact) mass is 393 g/mol. The van der Waals surface area contributed by atoms with Gasteiger partial charge in [0.2, 0.25) is 0 Å². The second-order valence-corrected chi connectivity index (χ2v) is 8.41. The number of hydrogen-bond donors (Lipinski definition) is 0. The molecule has 3 aromatic rings. The lowest BCUT2D eigenvalue weighted by Gasteiger charge is -2.35. The largest absolute Gasteiger partial charge is 0.353 e. The predicted octanol–water partition coefficient (Wildman–Crippen LogP) is 4.63. The van der Waals surface area contributed by atoms with Crippen LogP contribution in [0, 0.1) is 0 Å². The lowest BCUT2D eigenvalue weighted by Crippen LogP contribution is -2.46. The van der Waals surface area contributed by atoms with Gasteiger partial charge in [-0.05, 0) is 48.4 Å². The average Bonchev–Trinajstić information content (AvgIpc) is 3.21. The summed E-state index contributed by atoms with van der Waals surface area (Å²) >= 11 is 1.78. The summed E-state index contributed by atoms with van der Waals surface area (Å²) in [5.41, 5.74) is 3.36. The fraction of sp³-hybridized carbons (Fsp3) is 0.391. The first-order valence-corrected chi connectivity index (χ1v) is 11.0. The molecule has 2 aromatic heterocycles. The molecular formula is C23H27N3OS. The van der Waals surface area contributed by atoms with Crippen LogP contribution in [0.2, 0.25) is 0 Å². The third-order valence-corrected chi connectivity index (χ3v) is 6.48. The van der Waals surface area contributed by atoms with E-state index in [9.17, 15) is 4.79 Å². The molecule has 4 rings (SSSR count). The molecule has 1 fully saturated rings. The summed E-state index contributed by atoms with van der Waals surface area (Å²) in [6.45, 7) is 9.25. The Hall–Kier alpha value is -2.24. The number of nitrogens with zero attached hydrogens (tertiary/aromatic N) is 3. The minimum Gasteiger partial charge on any atom is -0.353 e. The molecule has 0 amide bonds. The first-order valence-electron chi connectivity index (χ1n) is 10.1. The van der Waals surface area contributed by atoms with Crippen LogP contribution in [-0.2, 0) is 11.2 Å². The fourth-order valence-electron chi connectivity index (χ4n) is 3.76. The zero-order valence-corrected chi connectivity index (χ0v) is 17.5. The number of pyridine rings is 1. The number of piperazine rings is 1. The molecule has 5 heteroatoms. The maximum atomic E-state index is 11.2. The number of benzene rings is 1. The van der Waals surface area contributed by atoms with E-state index >= 15 is 0 Å². The maximum absolute atomic E-state index is 11.2. The Kier molecular flexibility index (Phi) is 5.74. The van der Waals surface area contributed by atoms with Gasteiger partial charge in [0.1, 0.15) is 11.6 Å². The maximum Gasteiger partial charge on any atom is 0.147 e. The normalized spacial score (nSPS) is 15.3. The van der Waals surface area contributed by atoms with Crippen molar-refractivity contribution in [3.8, 4) is 11.3 Å². The van der Waals surface area contributed by atoms with Crippen LogP contribution < -0.4 is 4.90 Å². The number of hydrogen-bond acceptors (Lipinski definition) is 5. The molecule has 146 valence electrons. The van der Waals surface area contributed by atoms with Crippen molar-refractivity contribution in [1.82, 2.24) is 9.88 Å². The zero-order valence-electron chi connectivity index (χ0n) is 16.6. The second-order valence-electron chi connectivity index (χ2n) is 7.49. The minimum atomic E-state index is 0.237. The average molecular weight is 394 g/mol. The van der Waals surface area contributed by atoms with Crippen molar-refractivity contribution in [2.75, 3.05) is 37.6 Å². The van der Waals surface area contributed by atoms with Gasteiger partial charge in [0.05, 0.1) is 10.4 Å². The van der Waals surface area contributed by atoms with Crippen LogP contribution in [0.1, 0.15) is 25.8 Å². The van der Waals surface area contributed by atoms with E-state index in [0.717, 1.165) is 56.2 Å². The number of anilines is 1. The number of Topliss-reactive ketones (excluding diaryl/α,β-unsaturated/α-hetero) is 1. The highest BCUT2D eigenvalue weighted by atomic mass is 32.1. The van der Waals surface area contributed by atoms with Crippen LogP contribution in [-0.4, -0.2) is 48.4 Å². The smallest absolute Gasteiger partial charge is 0.147 e. The standard InChI is InChI=1S/C23H27N3OS/c1-3-25-11-13-26(14-12-25)23-22-20(10-15-28-22)16-21(24-23)19-8-6-18(7-9-19)5-4-17(2)27/h6-10,15-16H,3-5,11-14H2,1-2H3. The Morgan fingerprint density at radius 2 is 1.86 bits per heavy atom. The molecule has 3 heterocycles. The van der Waals surface area contributed by atoms with E-state index in [1.807, 2.05) is 0 Å². The molecular weight excluding hydrogens is 366 g/mol. The van der Waals surface area contributed by atoms with Crippen LogP contribution >= 0.6 is 11.3 Å². The molecule has 4 nitrogen and oxygen atoms in total. The number of aromatic nitrogens is 1. The Morgan fingerprint density at radius 1 is 1.11 bits per heavy atom. The van der Waals surface area contributed by atoms with Crippen molar-refractivity contribution in [2.24, 2.45) is 0 Å². The van der Waals surface area contributed by atoms with Gasteiger partial charge >= 0.3 is 0 Å². The van der Waals surface area contributed by atoms with E-state index in [4.69, 9.17) is 4.98 Å². The topological polar surface area (TPSA) is 36.4 Å². The lowest BCUT2D eigenvalue weighted by atomic mass is 10.0. The van der Waals surface area contributed by atoms with Gasteiger partial charge in [-0.2, -0.15) is 0 Å². The molecule has 0 spiro atoms. The van der Waals surface area contributed by atoms with E-state index in [2.05, 4.69) is 58.5 Å². The van der Waals surface area contributed by atoms with E-state index in [1.165, 1.54) is 15.6 Å². The number of fused-ring (bicyclic) bond motifs is 1. The molecule has 28 heavy (non-hydrogen) atoms. The summed E-state index contributed by atoms with van der Waals surface area (Å²) in [6, 6.07) is 12.9. The molecule has 0 atom stereocenters. The van der Waals surface area contributed by atoms with Gasteiger partial charge in [0.25, 0.3) is 0 Å². The molecule has 1 aliphatic heterocycles. The second kappa shape index (κ2) is 8.41. The van der Waals surface area contributed by atoms with Crippen LogP contribution in [0.3, 0.4) is 0 Å². The van der Waals surface area contributed by atoms with Crippen molar-refractivity contribution in [1.29, 1.82) is 0 Å². The van der Waals surface area contributed by atoms with Crippen molar-refractivity contribution >= 4 is 33.0 Å². The first kappa shape index (κ1) is 19.1. The number of carbonyl (C=O) groups is 1. The molecule has 0 N–H and O–H groups in total. The highest BCUT2D eigenvalue weighted by Gasteiger charge is 2.20. The van der Waals surface area contributed by atoms with Gasteiger partial charge in [0, 0.05) is 38.2 Å². The Morgan fingerprint density at radius 3 is 2.54 bits per heavy atom. The van der Waals surface area contributed by atoms with Gasteiger partial charge in [-0.25, -0.2) is 4.98 Å². The third kappa shape index (κ3) is 4.10. The molecule has 1 aromatic carbocycles. The molecule has 0 unspecified atom stereocenters. The number of aryl methyl sites for hydroxylation is 1. The van der Waals surface area contributed by atoms with Crippen molar-refractivity contribution in [3.05, 3.63) is 47.3 Å². The summed E-state index contributed by atoms with van der Waals surface area (Å²) < 4.78 is 1.28. The van der Waals surface area contributed by atoms with Gasteiger partial charge in [-0.1, -0.05) is 31.2 Å². The Labute approximate surface area is 170 Å². The van der Waals surface area contributed by atoms with Crippen LogP contribution in [0.5, 0.6) is 0 Å². The quantitative estimate of drug-likeness (QED) is 0.612. The summed E-state index contributed by atoms with van der Waals surface area (Å²) in [5.74, 6) is 1.36. The molecule has 1 saturated heterocycles. The van der Waals surface area contributed by atoms with Crippen molar-refractivity contribution < 1.29 is 4.79 Å². The lowest BCUT2D eigenvalue weighted by molar-refractivity contribution is -0.116. The summed E-state index contributed by atoms with van der Waals surface area (Å²) in [7, 11) is 0. The zero-order chi connectivity index (χ0) is 19.5. The highest BCUT2D eigenvalue weighted by molar-refractivity contribution is 7.17. The van der Waals surface area contributed by atoms with E-state index in [1.54, 1.807) is 18.3 Å². The SMILES string of the molecule is CCN1CCN(c2nc(-c3ccc(CCC(C)=O)cc3)cc3ccsc23)CC1. The van der Waals surface area contributed by atoms with Gasteiger partial charge in [-0.15, -0.1) is 11.3 Å². The van der Waals surface area contributed by atoms with Crippen LogP contribution in [0.4, 0.5) is 5.82 Å². The van der Waals surface area contributed by atoms with E-state index in [-0.39, 0.29) is 5.78 Å².